The quantitative estimate of drug-likeness (QED) is 0.560. The van der Waals surface area contributed by atoms with Gasteiger partial charge in [0, 0.05) is 6.04 Å². The van der Waals surface area contributed by atoms with Crippen molar-refractivity contribution in [2.75, 3.05) is 0 Å². The number of rotatable bonds is 1. The van der Waals surface area contributed by atoms with Gasteiger partial charge in [-0.25, -0.2) is 0 Å². The molecule has 3 heteroatoms. The van der Waals surface area contributed by atoms with Gasteiger partial charge < -0.3 is 10.4 Å². The standard InChI is InChI=1S/C7H13NO2/c1-4-3-6(7(9)10)8-5(4)2/h4-6,8H,3H2,1-2H3,(H,9,10)/t4-,5-,6-/m1/s1. The number of carboxylic acid groups (broad SMARTS) is 1. The molecule has 3 nitrogen and oxygen atoms in total. The highest BCUT2D eigenvalue weighted by Crippen LogP contribution is 2.18. The normalized spacial score (nSPS) is 40.0. The van der Waals surface area contributed by atoms with Crippen LogP contribution in [0.3, 0.4) is 0 Å². The third-order valence-electron chi connectivity index (χ3n) is 2.22. The molecule has 0 amide bonds. The zero-order valence-electron chi connectivity index (χ0n) is 6.29. The van der Waals surface area contributed by atoms with Gasteiger partial charge in [0.2, 0.25) is 0 Å². The summed E-state index contributed by atoms with van der Waals surface area (Å²) in [4.78, 5) is 10.4. The number of carbonyl (C=O) groups is 1. The fourth-order valence-corrected chi connectivity index (χ4v) is 1.30. The summed E-state index contributed by atoms with van der Waals surface area (Å²) in [6.45, 7) is 4.09. The lowest BCUT2D eigenvalue weighted by Gasteiger charge is -2.06. The van der Waals surface area contributed by atoms with Crippen LogP contribution in [0.15, 0.2) is 0 Å². The van der Waals surface area contributed by atoms with E-state index in [4.69, 9.17) is 5.11 Å². The van der Waals surface area contributed by atoms with Gasteiger partial charge in [0.1, 0.15) is 6.04 Å². The van der Waals surface area contributed by atoms with Crippen LogP contribution >= 0.6 is 0 Å². The van der Waals surface area contributed by atoms with Crippen LogP contribution in [-0.2, 0) is 4.79 Å². The Morgan fingerprint density at radius 1 is 1.60 bits per heavy atom. The first-order valence-corrected chi connectivity index (χ1v) is 3.60. The topological polar surface area (TPSA) is 49.3 Å². The molecule has 0 saturated carbocycles. The minimum atomic E-state index is -0.726. The molecule has 0 aliphatic carbocycles. The minimum absolute atomic E-state index is 0.315. The second kappa shape index (κ2) is 2.58. The van der Waals surface area contributed by atoms with Gasteiger partial charge in [0.25, 0.3) is 0 Å². The third-order valence-corrected chi connectivity index (χ3v) is 2.22. The lowest BCUT2D eigenvalue weighted by atomic mass is 10.0. The molecule has 1 rings (SSSR count). The van der Waals surface area contributed by atoms with E-state index in [9.17, 15) is 4.79 Å². The second-order valence-corrected chi connectivity index (χ2v) is 3.06. The molecule has 58 valence electrons. The Morgan fingerprint density at radius 3 is 2.40 bits per heavy atom. The van der Waals surface area contributed by atoms with E-state index < -0.39 is 5.97 Å². The molecular weight excluding hydrogens is 130 g/mol. The van der Waals surface area contributed by atoms with Gasteiger partial charge in [-0.15, -0.1) is 0 Å². The highest BCUT2D eigenvalue weighted by molar-refractivity contribution is 5.73. The summed E-state index contributed by atoms with van der Waals surface area (Å²) >= 11 is 0. The van der Waals surface area contributed by atoms with Crippen molar-refractivity contribution in [3.05, 3.63) is 0 Å². The van der Waals surface area contributed by atoms with E-state index >= 15 is 0 Å². The largest absolute Gasteiger partial charge is 0.480 e. The molecule has 1 fully saturated rings. The van der Waals surface area contributed by atoms with Crippen molar-refractivity contribution < 1.29 is 9.90 Å². The second-order valence-electron chi connectivity index (χ2n) is 3.06. The van der Waals surface area contributed by atoms with Crippen molar-refractivity contribution in [3.8, 4) is 0 Å². The number of aliphatic carboxylic acids is 1. The van der Waals surface area contributed by atoms with Gasteiger partial charge in [-0.1, -0.05) is 6.92 Å². The molecule has 0 spiro atoms. The molecule has 10 heavy (non-hydrogen) atoms. The summed E-state index contributed by atoms with van der Waals surface area (Å²) in [6.07, 6.45) is 0.760. The van der Waals surface area contributed by atoms with Crippen LogP contribution in [-0.4, -0.2) is 23.2 Å². The molecule has 1 aliphatic heterocycles. The Kier molecular flexibility index (Phi) is 1.94. The van der Waals surface area contributed by atoms with E-state index in [0.29, 0.717) is 12.0 Å². The summed E-state index contributed by atoms with van der Waals surface area (Å²) in [5, 5.41) is 11.6. The van der Waals surface area contributed by atoms with Gasteiger partial charge in [-0.05, 0) is 19.3 Å². The van der Waals surface area contributed by atoms with Gasteiger partial charge in [-0.2, -0.15) is 0 Å². The maximum absolute atomic E-state index is 10.4. The van der Waals surface area contributed by atoms with E-state index in [1.807, 2.05) is 6.92 Å². The van der Waals surface area contributed by atoms with E-state index in [0.717, 1.165) is 6.42 Å². The number of carboxylic acids is 1. The summed E-state index contributed by atoms with van der Waals surface area (Å²) in [5.74, 6) is -0.239. The molecule has 0 aromatic carbocycles. The highest BCUT2D eigenvalue weighted by Gasteiger charge is 2.31. The monoisotopic (exact) mass is 143 g/mol. The average Bonchev–Trinajstić information content (AvgIpc) is 2.13. The van der Waals surface area contributed by atoms with Gasteiger partial charge in [0.15, 0.2) is 0 Å². The van der Waals surface area contributed by atoms with Gasteiger partial charge in [-0.3, -0.25) is 4.79 Å². The van der Waals surface area contributed by atoms with E-state index in [1.54, 1.807) is 0 Å². The third kappa shape index (κ3) is 1.29. The summed E-state index contributed by atoms with van der Waals surface area (Å²) in [5.41, 5.74) is 0. The van der Waals surface area contributed by atoms with Crippen LogP contribution in [0, 0.1) is 5.92 Å². The zero-order valence-corrected chi connectivity index (χ0v) is 6.29. The first-order valence-electron chi connectivity index (χ1n) is 3.60. The molecule has 2 N–H and O–H groups in total. The van der Waals surface area contributed by atoms with E-state index in [1.165, 1.54) is 0 Å². The number of nitrogens with one attached hydrogen (secondary N) is 1. The molecule has 1 saturated heterocycles. The Morgan fingerprint density at radius 2 is 2.20 bits per heavy atom. The molecule has 0 aromatic heterocycles. The van der Waals surface area contributed by atoms with Crippen LogP contribution < -0.4 is 5.32 Å². The van der Waals surface area contributed by atoms with E-state index in [-0.39, 0.29) is 6.04 Å². The molecule has 0 aromatic rings. The maximum atomic E-state index is 10.4. The SMILES string of the molecule is C[C@@H]1C[C@H](C(=O)O)N[C@@H]1C. The van der Waals surface area contributed by atoms with Crippen molar-refractivity contribution in [1.82, 2.24) is 5.32 Å². The summed E-state index contributed by atoms with van der Waals surface area (Å²) in [6, 6.07) is 0.0334. The van der Waals surface area contributed by atoms with Crippen molar-refractivity contribution in [1.29, 1.82) is 0 Å². The number of hydrogen-bond acceptors (Lipinski definition) is 2. The molecule has 0 bridgehead atoms. The van der Waals surface area contributed by atoms with Crippen molar-refractivity contribution in [3.63, 3.8) is 0 Å². The summed E-state index contributed by atoms with van der Waals surface area (Å²) < 4.78 is 0. The zero-order chi connectivity index (χ0) is 7.72. The average molecular weight is 143 g/mol. The predicted octanol–water partition coefficient (Wildman–Crippen LogP) is 0.457. The van der Waals surface area contributed by atoms with Crippen LogP contribution in [0.4, 0.5) is 0 Å². The highest BCUT2D eigenvalue weighted by atomic mass is 16.4. The van der Waals surface area contributed by atoms with Crippen LogP contribution in [0.5, 0.6) is 0 Å². The molecule has 3 atom stereocenters. The first kappa shape index (κ1) is 7.54. The van der Waals surface area contributed by atoms with Crippen molar-refractivity contribution in [2.24, 2.45) is 5.92 Å². The van der Waals surface area contributed by atoms with Gasteiger partial charge in [0.05, 0.1) is 0 Å². The first-order chi connectivity index (χ1) is 4.61. The predicted molar refractivity (Wildman–Crippen MR) is 37.8 cm³/mol. The Hall–Kier alpha value is -0.570. The Labute approximate surface area is 60.4 Å². The summed E-state index contributed by atoms with van der Waals surface area (Å²) in [7, 11) is 0. The van der Waals surface area contributed by atoms with Crippen molar-refractivity contribution in [2.45, 2.75) is 32.4 Å². The van der Waals surface area contributed by atoms with Crippen molar-refractivity contribution >= 4 is 5.97 Å². The fraction of sp³-hybridized carbons (Fsp3) is 0.857. The van der Waals surface area contributed by atoms with Crippen LogP contribution in [0.1, 0.15) is 20.3 Å². The molecule has 1 aliphatic rings. The molecule has 1 heterocycles. The maximum Gasteiger partial charge on any atom is 0.320 e. The lowest BCUT2D eigenvalue weighted by molar-refractivity contribution is -0.139. The fourth-order valence-electron chi connectivity index (χ4n) is 1.30. The smallest absolute Gasteiger partial charge is 0.320 e. The van der Waals surface area contributed by atoms with E-state index in [2.05, 4.69) is 12.2 Å². The molecule has 0 radical (unpaired) electrons. The van der Waals surface area contributed by atoms with Crippen LogP contribution in [0.25, 0.3) is 0 Å². The number of hydrogen-bond donors (Lipinski definition) is 2. The Balaban J connectivity index is 2.49. The molecular formula is C7H13NO2. The Bertz CT molecular complexity index is 137. The minimum Gasteiger partial charge on any atom is -0.480 e. The van der Waals surface area contributed by atoms with Crippen LogP contribution in [0.2, 0.25) is 0 Å². The lowest BCUT2D eigenvalue weighted by Crippen LogP contribution is -2.34. The molecule has 0 unspecified atom stereocenters. The van der Waals surface area contributed by atoms with Gasteiger partial charge >= 0.3 is 5.97 Å².